The number of rotatable bonds is 3. The van der Waals surface area contributed by atoms with Crippen LogP contribution in [0.3, 0.4) is 0 Å². The van der Waals surface area contributed by atoms with Crippen LogP contribution in [0.2, 0.25) is 0 Å². The lowest BCUT2D eigenvalue weighted by atomic mass is 9.85. The van der Waals surface area contributed by atoms with Crippen LogP contribution in [-0.2, 0) is 4.74 Å². The molecule has 0 saturated carbocycles. The second-order valence-electron chi connectivity index (χ2n) is 5.59. The van der Waals surface area contributed by atoms with Crippen molar-refractivity contribution in [1.82, 2.24) is 10.3 Å². The highest BCUT2D eigenvalue weighted by Gasteiger charge is 2.39. The maximum Gasteiger partial charge on any atom is 0.109 e. The van der Waals surface area contributed by atoms with Crippen LogP contribution in [0.25, 0.3) is 0 Å². The Bertz CT molecular complexity index is 385. The van der Waals surface area contributed by atoms with Gasteiger partial charge in [0.2, 0.25) is 0 Å². The minimum atomic E-state index is 0.170. The summed E-state index contributed by atoms with van der Waals surface area (Å²) < 4.78 is 6.14. The van der Waals surface area contributed by atoms with Crippen LogP contribution in [0.4, 0.5) is 0 Å². The second kappa shape index (κ2) is 6.12. The summed E-state index contributed by atoms with van der Waals surface area (Å²) in [6.45, 7) is 3.13. The first kappa shape index (κ1) is 13.9. The molecule has 2 atom stereocenters. The van der Waals surface area contributed by atoms with Gasteiger partial charge in [-0.25, -0.2) is 4.98 Å². The van der Waals surface area contributed by atoms with Gasteiger partial charge in [-0.15, -0.1) is 11.3 Å². The quantitative estimate of drug-likeness (QED) is 0.929. The molecule has 0 radical (unpaired) electrons. The highest BCUT2D eigenvalue weighted by atomic mass is 32.2. The van der Waals surface area contributed by atoms with E-state index in [1.165, 1.54) is 35.8 Å². The molecule has 0 amide bonds. The highest BCUT2D eigenvalue weighted by Crippen LogP contribution is 2.38. The average molecular weight is 298 g/mol. The molecule has 5 heteroatoms. The van der Waals surface area contributed by atoms with E-state index in [0.29, 0.717) is 12.1 Å². The van der Waals surface area contributed by atoms with Gasteiger partial charge >= 0.3 is 0 Å². The molecule has 0 aliphatic carbocycles. The van der Waals surface area contributed by atoms with Crippen molar-refractivity contribution in [1.29, 1.82) is 0 Å². The van der Waals surface area contributed by atoms with Crippen molar-refractivity contribution in [3.05, 3.63) is 16.6 Å². The molecule has 1 aromatic heterocycles. The zero-order chi connectivity index (χ0) is 13.1. The Morgan fingerprint density at radius 3 is 3.05 bits per heavy atom. The van der Waals surface area contributed by atoms with Crippen LogP contribution >= 0.6 is 23.1 Å². The van der Waals surface area contributed by atoms with E-state index in [9.17, 15) is 0 Å². The van der Waals surface area contributed by atoms with Crippen LogP contribution in [0, 0.1) is 0 Å². The van der Waals surface area contributed by atoms with Gasteiger partial charge in [-0.2, -0.15) is 11.8 Å². The summed E-state index contributed by atoms with van der Waals surface area (Å²) in [5, 5.41) is 7.00. The highest BCUT2D eigenvalue weighted by molar-refractivity contribution is 7.99. The van der Waals surface area contributed by atoms with E-state index in [2.05, 4.69) is 34.4 Å². The molecule has 3 rings (SSSR count). The van der Waals surface area contributed by atoms with Crippen LogP contribution < -0.4 is 5.32 Å². The van der Waals surface area contributed by atoms with E-state index in [0.717, 1.165) is 13.0 Å². The predicted molar refractivity (Wildman–Crippen MR) is 81.9 cm³/mol. The molecule has 2 fully saturated rings. The smallest absolute Gasteiger partial charge is 0.109 e. The zero-order valence-corrected chi connectivity index (χ0v) is 13.1. The minimum Gasteiger partial charge on any atom is -0.375 e. The van der Waals surface area contributed by atoms with Gasteiger partial charge in [0.1, 0.15) is 5.01 Å². The van der Waals surface area contributed by atoms with Gasteiger partial charge in [0.05, 0.1) is 11.6 Å². The fourth-order valence-corrected chi connectivity index (χ4v) is 5.03. The van der Waals surface area contributed by atoms with Gasteiger partial charge in [0.15, 0.2) is 0 Å². The van der Waals surface area contributed by atoms with Crippen molar-refractivity contribution < 1.29 is 4.74 Å². The van der Waals surface area contributed by atoms with Gasteiger partial charge in [0.25, 0.3) is 0 Å². The second-order valence-corrected chi connectivity index (χ2v) is 7.74. The minimum absolute atomic E-state index is 0.170. The van der Waals surface area contributed by atoms with Gasteiger partial charge in [-0.3, -0.25) is 0 Å². The Kier molecular flexibility index (Phi) is 4.47. The molecule has 1 N–H and O–H groups in total. The first-order valence-corrected chi connectivity index (χ1v) is 9.18. The summed E-state index contributed by atoms with van der Waals surface area (Å²) in [6.07, 6.45) is 6.64. The van der Waals surface area contributed by atoms with Crippen LogP contribution in [0.5, 0.6) is 0 Å². The first-order chi connectivity index (χ1) is 9.27. The summed E-state index contributed by atoms with van der Waals surface area (Å²) >= 11 is 3.81. The fourth-order valence-electron chi connectivity index (χ4n) is 3.14. The lowest BCUT2D eigenvalue weighted by Crippen LogP contribution is -2.49. The molecule has 3 heterocycles. The Morgan fingerprint density at radius 1 is 1.47 bits per heavy atom. The SMILES string of the molecule is CC(NC1CCOC2(CCSCC2)C1)c1nccs1. The van der Waals surface area contributed by atoms with Gasteiger partial charge in [-0.1, -0.05) is 0 Å². The maximum atomic E-state index is 6.14. The zero-order valence-electron chi connectivity index (χ0n) is 11.4. The summed E-state index contributed by atoms with van der Waals surface area (Å²) in [6, 6.07) is 0.939. The summed E-state index contributed by atoms with van der Waals surface area (Å²) in [7, 11) is 0. The number of hydrogen-bond acceptors (Lipinski definition) is 5. The molecule has 0 bridgehead atoms. The Labute approximate surface area is 123 Å². The van der Waals surface area contributed by atoms with Crippen molar-refractivity contribution >= 4 is 23.1 Å². The van der Waals surface area contributed by atoms with Crippen molar-refractivity contribution in [3.8, 4) is 0 Å². The van der Waals surface area contributed by atoms with E-state index in [-0.39, 0.29) is 5.60 Å². The Morgan fingerprint density at radius 2 is 2.32 bits per heavy atom. The maximum absolute atomic E-state index is 6.14. The molecule has 2 saturated heterocycles. The molecule has 2 aliphatic heterocycles. The number of aromatic nitrogens is 1. The van der Waals surface area contributed by atoms with Gasteiger partial charge in [-0.05, 0) is 44.1 Å². The van der Waals surface area contributed by atoms with Crippen molar-refractivity contribution in [3.63, 3.8) is 0 Å². The summed E-state index contributed by atoms with van der Waals surface area (Å²) in [4.78, 5) is 4.41. The number of thiazole rings is 1. The molecule has 106 valence electrons. The van der Waals surface area contributed by atoms with Gasteiger partial charge < -0.3 is 10.1 Å². The fraction of sp³-hybridized carbons (Fsp3) is 0.786. The van der Waals surface area contributed by atoms with Crippen LogP contribution in [0.1, 0.15) is 43.7 Å². The first-order valence-electron chi connectivity index (χ1n) is 7.15. The predicted octanol–water partition coefficient (Wildman–Crippen LogP) is 3.24. The largest absolute Gasteiger partial charge is 0.375 e. The number of hydrogen-bond donors (Lipinski definition) is 1. The molecule has 2 aliphatic rings. The Balaban J connectivity index is 1.59. The summed E-state index contributed by atoms with van der Waals surface area (Å²) in [5.74, 6) is 2.52. The monoisotopic (exact) mass is 298 g/mol. The van der Waals surface area contributed by atoms with E-state index in [1.807, 2.05) is 6.20 Å². The van der Waals surface area contributed by atoms with Crippen LogP contribution in [0.15, 0.2) is 11.6 Å². The topological polar surface area (TPSA) is 34.1 Å². The number of ether oxygens (including phenoxy) is 1. The molecule has 3 nitrogen and oxygen atoms in total. The molecule has 1 spiro atoms. The lowest BCUT2D eigenvalue weighted by Gasteiger charge is -2.44. The number of nitrogens with zero attached hydrogens (tertiary/aromatic N) is 1. The lowest BCUT2D eigenvalue weighted by molar-refractivity contribution is -0.0940. The van der Waals surface area contributed by atoms with Crippen molar-refractivity contribution in [2.75, 3.05) is 18.1 Å². The Hall–Kier alpha value is -0.100. The summed E-state index contributed by atoms with van der Waals surface area (Å²) in [5.41, 5.74) is 0.170. The molecule has 0 aromatic carbocycles. The van der Waals surface area contributed by atoms with Crippen molar-refractivity contribution in [2.45, 2.75) is 50.3 Å². The standard InChI is InChI=1S/C14H22N2OS2/c1-11(13-15-5-9-19-13)16-12-2-6-17-14(10-12)3-7-18-8-4-14/h5,9,11-12,16H,2-4,6-8,10H2,1H3. The molecular weight excluding hydrogens is 276 g/mol. The third-order valence-corrected chi connectivity index (χ3v) is 6.15. The van der Waals surface area contributed by atoms with E-state index >= 15 is 0 Å². The third kappa shape index (κ3) is 3.32. The van der Waals surface area contributed by atoms with E-state index in [1.54, 1.807) is 11.3 Å². The van der Waals surface area contributed by atoms with Crippen molar-refractivity contribution in [2.24, 2.45) is 0 Å². The average Bonchev–Trinajstić information content (AvgIpc) is 2.93. The number of thioether (sulfide) groups is 1. The third-order valence-electron chi connectivity index (χ3n) is 4.20. The number of nitrogens with one attached hydrogen (secondary N) is 1. The van der Waals surface area contributed by atoms with Crippen LogP contribution in [-0.4, -0.2) is 34.7 Å². The molecular formula is C14H22N2OS2. The normalized spacial score (nSPS) is 28.4. The molecule has 1 aromatic rings. The molecule has 19 heavy (non-hydrogen) atoms. The van der Waals surface area contributed by atoms with E-state index < -0.39 is 0 Å². The van der Waals surface area contributed by atoms with Gasteiger partial charge in [0, 0.05) is 24.2 Å². The molecule has 2 unspecified atom stereocenters. The van der Waals surface area contributed by atoms with E-state index in [4.69, 9.17) is 4.74 Å².